The molecule has 0 saturated heterocycles. The second kappa shape index (κ2) is 5.76. The molecule has 4 nitrogen and oxygen atoms in total. The van der Waals surface area contributed by atoms with Gasteiger partial charge in [-0.15, -0.1) is 0 Å². The molecule has 0 heterocycles. The molecule has 0 amide bonds. The van der Waals surface area contributed by atoms with Crippen LogP contribution in [-0.4, -0.2) is 26.1 Å². The van der Waals surface area contributed by atoms with Gasteiger partial charge in [0.05, 0.1) is 22.2 Å². The molecule has 0 aliphatic heterocycles. The number of nitrogens with one attached hydrogen (secondary N) is 1. The fourth-order valence-electron chi connectivity index (χ4n) is 2.03. The van der Waals surface area contributed by atoms with E-state index in [0.29, 0.717) is 5.92 Å². The van der Waals surface area contributed by atoms with Crippen LogP contribution >= 0.6 is 0 Å². The van der Waals surface area contributed by atoms with Crippen LogP contribution in [0.2, 0.25) is 0 Å². The maximum Gasteiger partial charge on any atom is 0.308 e. The predicted molar refractivity (Wildman–Crippen MR) is 82.6 cm³/mol. The van der Waals surface area contributed by atoms with E-state index >= 15 is 0 Å². The van der Waals surface area contributed by atoms with Gasteiger partial charge >= 0.3 is 5.97 Å². The second-order valence-corrected chi connectivity index (χ2v) is 9.90. The maximum absolute atomic E-state index is 12.3. The molecule has 0 aromatic heterocycles. The van der Waals surface area contributed by atoms with Crippen molar-refractivity contribution >= 4 is 17.0 Å². The van der Waals surface area contributed by atoms with Crippen molar-refractivity contribution in [2.75, 3.05) is 0 Å². The third kappa shape index (κ3) is 5.52. The zero-order chi connectivity index (χ0) is 15.8. The molecular formula is C15H29NO3S. The molecule has 5 heteroatoms. The number of carbonyl (C=O) groups excluding carboxylic acids is 1. The van der Waals surface area contributed by atoms with Crippen molar-refractivity contribution in [3.8, 4) is 0 Å². The largest absolute Gasteiger partial charge is 0.460 e. The molecule has 1 rings (SSSR count). The molecule has 0 unspecified atom stereocenters. The van der Waals surface area contributed by atoms with E-state index in [1.165, 1.54) is 0 Å². The third-order valence-electron chi connectivity index (χ3n) is 3.29. The van der Waals surface area contributed by atoms with Crippen molar-refractivity contribution in [2.24, 2.45) is 5.92 Å². The van der Waals surface area contributed by atoms with Crippen molar-refractivity contribution < 1.29 is 13.7 Å². The molecule has 2 atom stereocenters. The Labute approximate surface area is 125 Å². The molecule has 0 radical (unpaired) electrons. The topological polar surface area (TPSA) is 55.4 Å². The van der Waals surface area contributed by atoms with Crippen LogP contribution in [0.25, 0.3) is 0 Å². The summed E-state index contributed by atoms with van der Waals surface area (Å²) in [7, 11) is -1.18. The Morgan fingerprint density at radius 3 is 2.00 bits per heavy atom. The van der Waals surface area contributed by atoms with Gasteiger partial charge < -0.3 is 4.74 Å². The first-order valence-electron chi connectivity index (χ1n) is 7.25. The van der Waals surface area contributed by atoms with Crippen LogP contribution in [0, 0.1) is 5.92 Å². The molecule has 1 aliphatic carbocycles. The highest BCUT2D eigenvalue weighted by molar-refractivity contribution is 7.84. The summed E-state index contributed by atoms with van der Waals surface area (Å²) in [6.45, 7) is 13.4. The van der Waals surface area contributed by atoms with Gasteiger partial charge in [0.1, 0.15) is 5.60 Å². The van der Waals surface area contributed by atoms with Gasteiger partial charge in [0, 0.05) is 5.54 Å². The number of carbonyl (C=O) groups is 1. The minimum absolute atomic E-state index is 0.231. The fraction of sp³-hybridized carbons (Fsp3) is 0.933. The molecule has 1 N–H and O–H groups in total. The zero-order valence-electron chi connectivity index (χ0n) is 13.8. The van der Waals surface area contributed by atoms with Crippen LogP contribution in [0.3, 0.4) is 0 Å². The SMILES string of the molecule is CC(C)(C)OC(=O)C[C@](C)(N[S@@](=O)C(C)(C)C)C1CC1. The van der Waals surface area contributed by atoms with E-state index in [1.807, 2.05) is 48.5 Å². The Balaban J connectivity index is 2.73. The summed E-state index contributed by atoms with van der Waals surface area (Å²) in [5.74, 6) is 0.173. The second-order valence-electron chi connectivity index (χ2n) is 7.94. The molecule has 0 bridgehead atoms. The van der Waals surface area contributed by atoms with Gasteiger partial charge in [0.15, 0.2) is 0 Å². The average molecular weight is 303 g/mol. The van der Waals surface area contributed by atoms with Gasteiger partial charge in [-0.3, -0.25) is 4.79 Å². The lowest BCUT2D eigenvalue weighted by Gasteiger charge is -2.33. The smallest absolute Gasteiger partial charge is 0.308 e. The van der Waals surface area contributed by atoms with E-state index in [0.717, 1.165) is 12.8 Å². The maximum atomic E-state index is 12.3. The molecular weight excluding hydrogens is 274 g/mol. The lowest BCUT2D eigenvalue weighted by Crippen LogP contribution is -2.51. The fourth-order valence-corrected chi connectivity index (χ4v) is 3.00. The first-order valence-corrected chi connectivity index (χ1v) is 8.40. The van der Waals surface area contributed by atoms with Crippen LogP contribution in [-0.2, 0) is 20.5 Å². The summed E-state index contributed by atoms with van der Waals surface area (Å²) in [6, 6.07) is 0. The minimum atomic E-state index is -1.18. The van der Waals surface area contributed by atoms with Crippen LogP contribution in [0.4, 0.5) is 0 Å². The average Bonchev–Trinajstić information content (AvgIpc) is 2.93. The molecule has 1 aliphatic rings. The molecule has 1 saturated carbocycles. The summed E-state index contributed by atoms with van der Waals surface area (Å²) < 4.78 is 20.6. The van der Waals surface area contributed by atoms with Gasteiger partial charge in [0.2, 0.25) is 0 Å². The first-order chi connectivity index (χ1) is 8.83. The third-order valence-corrected chi connectivity index (χ3v) is 5.06. The Hall–Kier alpha value is -0.420. The number of esters is 1. The van der Waals surface area contributed by atoms with Gasteiger partial charge in [-0.1, -0.05) is 0 Å². The van der Waals surface area contributed by atoms with Gasteiger partial charge in [-0.05, 0) is 67.2 Å². The summed E-state index contributed by atoms with van der Waals surface area (Å²) in [6.07, 6.45) is 2.41. The van der Waals surface area contributed by atoms with Crippen molar-refractivity contribution in [2.45, 2.75) is 83.6 Å². The lowest BCUT2D eigenvalue weighted by atomic mass is 9.93. The molecule has 1 fully saturated rings. The number of hydrogen-bond donors (Lipinski definition) is 1. The van der Waals surface area contributed by atoms with E-state index < -0.39 is 22.1 Å². The van der Waals surface area contributed by atoms with Gasteiger partial charge in [-0.2, -0.15) is 0 Å². The molecule has 0 spiro atoms. The van der Waals surface area contributed by atoms with E-state index in [2.05, 4.69) is 4.72 Å². The Morgan fingerprint density at radius 1 is 1.15 bits per heavy atom. The predicted octanol–water partition coefficient (Wildman–Crippen LogP) is 2.94. The summed E-state index contributed by atoms with van der Waals surface area (Å²) in [5, 5.41) is 0. The molecule has 20 heavy (non-hydrogen) atoms. The number of hydrogen-bond acceptors (Lipinski definition) is 3. The van der Waals surface area contributed by atoms with E-state index in [9.17, 15) is 9.00 Å². The molecule has 0 aromatic rings. The van der Waals surface area contributed by atoms with E-state index in [4.69, 9.17) is 4.74 Å². The number of ether oxygens (including phenoxy) is 1. The minimum Gasteiger partial charge on any atom is -0.460 e. The summed E-state index contributed by atoms with van der Waals surface area (Å²) >= 11 is 0. The summed E-state index contributed by atoms with van der Waals surface area (Å²) in [4.78, 5) is 12.1. The van der Waals surface area contributed by atoms with Crippen LogP contribution in [0.1, 0.15) is 67.7 Å². The quantitative estimate of drug-likeness (QED) is 0.795. The normalized spacial score (nSPS) is 21.1. The van der Waals surface area contributed by atoms with Gasteiger partial charge in [0.25, 0.3) is 0 Å². The monoisotopic (exact) mass is 303 g/mol. The van der Waals surface area contributed by atoms with E-state index in [-0.39, 0.29) is 17.1 Å². The highest BCUT2D eigenvalue weighted by Crippen LogP contribution is 2.42. The lowest BCUT2D eigenvalue weighted by molar-refractivity contribution is -0.156. The molecule has 0 aromatic carbocycles. The van der Waals surface area contributed by atoms with Crippen LogP contribution in [0.15, 0.2) is 0 Å². The van der Waals surface area contributed by atoms with Crippen molar-refractivity contribution in [3.05, 3.63) is 0 Å². The van der Waals surface area contributed by atoms with Crippen LogP contribution < -0.4 is 4.72 Å². The first kappa shape index (κ1) is 17.6. The molecule has 118 valence electrons. The zero-order valence-corrected chi connectivity index (χ0v) is 14.6. The Morgan fingerprint density at radius 2 is 1.65 bits per heavy atom. The Kier molecular flexibility index (Phi) is 5.08. The number of rotatable bonds is 5. The summed E-state index contributed by atoms with van der Waals surface area (Å²) in [5.41, 5.74) is -0.925. The van der Waals surface area contributed by atoms with E-state index in [1.54, 1.807) is 0 Å². The highest BCUT2D eigenvalue weighted by atomic mass is 32.2. The van der Waals surface area contributed by atoms with Crippen molar-refractivity contribution in [1.82, 2.24) is 4.72 Å². The Bertz CT molecular complexity index is 391. The van der Waals surface area contributed by atoms with Crippen molar-refractivity contribution in [1.29, 1.82) is 0 Å². The standard InChI is InChI=1S/C15H29NO3S/c1-13(2,3)19-12(17)10-15(7,11-8-9-11)16-20(18)14(4,5)6/h11,16H,8-10H2,1-7H3/t15-,20-/m0/s1. The van der Waals surface area contributed by atoms with Crippen molar-refractivity contribution in [3.63, 3.8) is 0 Å². The highest BCUT2D eigenvalue weighted by Gasteiger charge is 2.45. The van der Waals surface area contributed by atoms with Crippen LogP contribution in [0.5, 0.6) is 0 Å². The van der Waals surface area contributed by atoms with Gasteiger partial charge in [-0.25, -0.2) is 8.93 Å².